The third-order valence-corrected chi connectivity index (χ3v) is 3.35. The highest BCUT2D eigenvalue weighted by atomic mass is 35.5. The highest BCUT2D eigenvalue weighted by Crippen LogP contribution is 2.12. The molecule has 0 aliphatic heterocycles. The zero-order valence-corrected chi connectivity index (χ0v) is 12.1. The van der Waals surface area contributed by atoms with Gasteiger partial charge in [-0.05, 0) is 35.4 Å². The number of amides is 1. The van der Waals surface area contributed by atoms with Crippen LogP contribution in [0.25, 0.3) is 0 Å². The number of nitrogen functional groups attached to an aromatic ring is 1. The van der Waals surface area contributed by atoms with Crippen molar-refractivity contribution in [2.45, 2.75) is 13.0 Å². The van der Waals surface area contributed by atoms with E-state index in [9.17, 15) is 4.79 Å². The molecule has 0 saturated heterocycles. The van der Waals surface area contributed by atoms with Gasteiger partial charge in [-0.15, -0.1) is 0 Å². The van der Waals surface area contributed by atoms with Gasteiger partial charge < -0.3 is 10.6 Å². The van der Waals surface area contributed by atoms with Crippen LogP contribution in [0.1, 0.15) is 11.1 Å². The van der Waals surface area contributed by atoms with Crippen LogP contribution in [0.5, 0.6) is 0 Å². The molecule has 2 aromatic carbocycles. The lowest BCUT2D eigenvalue weighted by Crippen LogP contribution is -2.27. The van der Waals surface area contributed by atoms with Gasteiger partial charge in [-0.25, -0.2) is 0 Å². The lowest BCUT2D eigenvalue weighted by molar-refractivity contribution is -0.129. The molecule has 0 aliphatic rings. The third-order valence-electron chi connectivity index (χ3n) is 3.09. The Morgan fingerprint density at radius 1 is 1.05 bits per heavy atom. The summed E-state index contributed by atoms with van der Waals surface area (Å²) in [5.41, 5.74) is 8.39. The molecule has 0 radical (unpaired) electrons. The van der Waals surface area contributed by atoms with E-state index in [4.69, 9.17) is 17.3 Å². The molecule has 0 spiro atoms. The predicted molar refractivity (Wildman–Crippen MR) is 82.5 cm³/mol. The highest BCUT2D eigenvalue weighted by Gasteiger charge is 2.10. The van der Waals surface area contributed by atoms with E-state index in [1.165, 1.54) is 0 Å². The number of hydrogen-bond acceptors (Lipinski definition) is 2. The van der Waals surface area contributed by atoms with Gasteiger partial charge >= 0.3 is 0 Å². The Bertz CT molecular complexity index is 578. The maximum absolute atomic E-state index is 12.1. The van der Waals surface area contributed by atoms with Crippen molar-refractivity contribution in [2.75, 3.05) is 12.8 Å². The minimum atomic E-state index is 0.0733. The molecule has 0 fully saturated rings. The van der Waals surface area contributed by atoms with E-state index < -0.39 is 0 Å². The fraction of sp³-hybridized carbons (Fsp3) is 0.188. The van der Waals surface area contributed by atoms with Crippen molar-refractivity contribution in [3.8, 4) is 0 Å². The van der Waals surface area contributed by atoms with E-state index in [-0.39, 0.29) is 5.91 Å². The second-order valence-electron chi connectivity index (χ2n) is 4.79. The van der Waals surface area contributed by atoms with Crippen molar-refractivity contribution in [1.29, 1.82) is 0 Å². The molecule has 0 aliphatic carbocycles. The van der Waals surface area contributed by atoms with Crippen LogP contribution in [0.15, 0.2) is 48.5 Å². The average molecular weight is 289 g/mol. The molecular weight excluding hydrogens is 272 g/mol. The number of hydrogen-bond donors (Lipinski definition) is 1. The van der Waals surface area contributed by atoms with Gasteiger partial charge in [0.15, 0.2) is 0 Å². The number of carbonyl (C=O) groups is 1. The van der Waals surface area contributed by atoms with Crippen LogP contribution in [-0.2, 0) is 17.8 Å². The molecule has 3 nitrogen and oxygen atoms in total. The molecule has 0 heterocycles. The van der Waals surface area contributed by atoms with Crippen molar-refractivity contribution in [1.82, 2.24) is 4.90 Å². The molecule has 2 aromatic rings. The standard InChI is InChI=1S/C16H17ClN2O/c1-19(11-13-4-8-15(18)9-5-13)16(20)10-12-2-6-14(17)7-3-12/h2-9H,10-11,18H2,1H3. The fourth-order valence-corrected chi connectivity index (χ4v) is 2.02. The second kappa shape index (κ2) is 6.44. The largest absolute Gasteiger partial charge is 0.399 e. The van der Waals surface area contributed by atoms with E-state index in [0.29, 0.717) is 18.0 Å². The van der Waals surface area contributed by atoms with Crippen LogP contribution >= 0.6 is 11.6 Å². The van der Waals surface area contributed by atoms with E-state index in [2.05, 4.69) is 0 Å². The maximum Gasteiger partial charge on any atom is 0.227 e. The Balaban J connectivity index is 1.94. The van der Waals surface area contributed by atoms with Gasteiger partial charge in [-0.2, -0.15) is 0 Å². The number of likely N-dealkylation sites (N-methyl/N-ethyl adjacent to an activating group) is 1. The summed E-state index contributed by atoms with van der Waals surface area (Å²) < 4.78 is 0. The first-order valence-corrected chi connectivity index (χ1v) is 6.75. The number of rotatable bonds is 4. The second-order valence-corrected chi connectivity index (χ2v) is 5.23. The molecule has 0 aromatic heterocycles. The summed E-state index contributed by atoms with van der Waals surface area (Å²) in [5.74, 6) is 0.0733. The molecule has 2 N–H and O–H groups in total. The number of carbonyl (C=O) groups excluding carboxylic acids is 1. The first-order chi connectivity index (χ1) is 9.54. The minimum Gasteiger partial charge on any atom is -0.399 e. The van der Waals surface area contributed by atoms with Crippen LogP contribution in [0.3, 0.4) is 0 Å². The first kappa shape index (κ1) is 14.4. The van der Waals surface area contributed by atoms with E-state index in [0.717, 1.165) is 16.8 Å². The maximum atomic E-state index is 12.1. The number of nitrogens with zero attached hydrogens (tertiary/aromatic N) is 1. The zero-order valence-electron chi connectivity index (χ0n) is 11.3. The molecule has 0 unspecified atom stereocenters. The number of anilines is 1. The predicted octanol–water partition coefficient (Wildman–Crippen LogP) is 3.12. The molecule has 20 heavy (non-hydrogen) atoms. The van der Waals surface area contributed by atoms with Gasteiger partial charge in [0.05, 0.1) is 6.42 Å². The van der Waals surface area contributed by atoms with E-state index >= 15 is 0 Å². The molecular formula is C16H17ClN2O. The molecule has 4 heteroatoms. The van der Waals surface area contributed by atoms with Gasteiger partial charge in [-0.3, -0.25) is 4.79 Å². The summed E-state index contributed by atoms with van der Waals surface area (Å²) in [4.78, 5) is 13.8. The van der Waals surface area contributed by atoms with Gasteiger partial charge in [-0.1, -0.05) is 35.9 Å². The molecule has 1 amide bonds. The van der Waals surface area contributed by atoms with Gasteiger partial charge in [0.1, 0.15) is 0 Å². The summed E-state index contributed by atoms with van der Waals surface area (Å²) in [7, 11) is 1.80. The lowest BCUT2D eigenvalue weighted by Gasteiger charge is -2.17. The smallest absolute Gasteiger partial charge is 0.227 e. The summed E-state index contributed by atoms with van der Waals surface area (Å²) in [6, 6.07) is 14.9. The monoisotopic (exact) mass is 288 g/mol. The van der Waals surface area contributed by atoms with Crippen LogP contribution in [-0.4, -0.2) is 17.9 Å². The van der Waals surface area contributed by atoms with Gasteiger partial charge in [0.2, 0.25) is 5.91 Å². The Morgan fingerprint density at radius 3 is 2.20 bits per heavy atom. The van der Waals surface area contributed by atoms with E-state index in [1.807, 2.05) is 36.4 Å². The third kappa shape index (κ3) is 4.00. The van der Waals surface area contributed by atoms with Gasteiger partial charge in [0, 0.05) is 24.3 Å². The Morgan fingerprint density at radius 2 is 1.60 bits per heavy atom. The first-order valence-electron chi connectivity index (χ1n) is 6.37. The quantitative estimate of drug-likeness (QED) is 0.879. The average Bonchev–Trinajstić information content (AvgIpc) is 2.44. The Hall–Kier alpha value is -2.00. The van der Waals surface area contributed by atoms with E-state index in [1.54, 1.807) is 24.1 Å². The fourth-order valence-electron chi connectivity index (χ4n) is 1.90. The molecule has 2 rings (SSSR count). The van der Waals surface area contributed by atoms with Crippen molar-refractivity contribution >= 4 is 23.2 Å². The summed E-state index contributed by atoms with van der Waals surface area (Å²) in [6.07, 6.45) is 0.378. The number of benzene rings is 2. The zero-order chi connectivity index (χ0) is 14.5. The van der Waals surface area contributed by atoms with Crippen LogP contribution in [0, 0.1) is 0 Å². The summed E-state index contributed by atoms with van der Waals surface area (Å²) >= 11 is 5.83. The molecule has 0 atom stereocenters. The normalized spacial score (nSPS) is 10.3. The van der Waals surface area contributed by atoms with Gasteiger partial charge in [0.25, 0.3) is 0 Å². The minimum absolute atomic E-state index is 0.0733. The summed E-state index contributed by atoms with van der Waals surface area (Å²) in [6.45, 7) is 0.576. The Labute approximate surface area is 124 Å². The van der Waals surface area contributed by atoms with Crippen molar-refractivity contribution < 1.29 is 4.79 Å². The molecule has 104 valence electrons. The number of nitrogens with two attached hydrogens (primary N) is 1. The highest BCUT2D eigenvalue weighted by molar-refractivity contribution is 6.30. The topological polar surface area (TPSA) is 46.3 Å². The molecule has 0 saturated carbocycles. The Kier molecular flexibility index (Phi) is 4.64. The van der Waals surface area contributed by atoms with Crippen LogP contribution < -0.4 is 5.73 Å². The lowest BCUT2D eigenvalue weighted by atomic mass is 10.1. The van der Waals surface area contributed by atoms with Crippen LogP contribution in [0.4, 0.5) is 5.69 Å². The number of halogens is 1. The van der Waals surface area contributed by atoms with Crippen molar-refractivity contribution in [3.63, 3.8) is 0 Å². The summed E-state index contributed by atoms with van der Waals surface area (Å²) in [5, 5.41) is 0.677. The van der Waals surface area contributed by atoms with Crippen molar-refractivity contribution in [3.05, 3.63) is 64.7 Å². The molecule has 0 bridgehead atoms. The SMILES string of the molecule is CN(Cc1ccc(N)cc1)C(=O)Cc1ccc(Cl)cc1. The van der Waals surface area contributed by atoms with Crippen LogP contribution in [0.2, 0.25) is 5.02 Å². The van der Waals surface area contributed by atoms with Crippen molar-refractivity contribution in [2.24, 2.45) is 0 Å².